The van der Waals surface area contributed by atoms with E-state index in [0.717, 1.165) is 38.5 Å². The van der Waals surface area contributed by atoms with E-state index in [-0.39, 0.29) is 25.2 Å². The first-order chi connectivity index (χ1) is 25.6. The summed E-state index contributed by atoms with van der Waals surface area (Å²) in [5.41, 5.74) is 0. The monoisotopic (exact) mass is 733 g/mol. The van der Waals surface area contributed by atoms with Crippen LogP contribution in [0.3, 0.4) is 0 Å². The van der Waals surface area contributed by atoms with Gasteiger partial charge in [0.25, 0.3) is 0 Å². The van der Waals surface area contributed by atoms with Crippen molar-refractivity contribution in [2.24, 2.45) is 0 Å². The molecule has 0 aliphatic carbocycles. The Morgan fingerprint density at radius 1 is 0.423 bits per heavy atom. The average molecular weight is 733 g/mol. The van der Waals surface area contributed by atoms with E-state index in [1.165, 1.54) is 180 Å². The first-order valence-electron chi connectivity index (χ1n) is 22.9. The number of ether oxygens (including phenoxy) is 2. The fourth-order valence-corrected chi connectivity index (χ4v) is 6.72. The zero-order valence-corrected chi connectivity index (χ0v) is 34.8. The number of rotatable bonds is 42. The second-order valence-corrected chi connectivity index (χ2v) is 15.5. The van der Waals surface area contributed by atoms with Crippen LogP contribution in [-0.2, 0) is 19.1 Å². The summed E-state index contributed by atoms with van der Waals surface area (Å²) in [6.07, 6.45) is 52.5. The molecular weight excluding hydrogens is 645 g/mol. The van der Waals surface area contributed by atoms with Crippen LogP contribution in [0.4, 0.5) is 0 Å². The Balaban J connectivity index is 3.50. The molecule has 0 aliphatic heterocycles. The first-order valence-corrected chi connectivity index (χ1v) is 22.9. The number of carbonyl (C=O) groups is 2. The Hall–Kier alpha value is -1.62. The quantitative estimate of drug-likeness (QED) is 0.0384. The Labute approximate surface area is 323 Å². The molecule has 0 aliphatic rings. The Bertz CT molecular complexity index is 791. The van der Waals surface area contributed by atoms with Crippen LogP contribution in [0, 0.1) is 0 Å². The third kappa shape index (κ3) is 41.1. The van der Waals surface area contributed by atoms with Crippen molar-refractivity contribution in [3.8, 4) is 0 Å². The number of hydrogen-bond acceptors (Lipinski definition) is 5. The van der Waals surface area contributed by atoms with Gasteiger partial charge in [-0.05, 0) is 64.2 Å². The van der Waals surface area contributed by atoms with Gasteiger partial charge in [0.15, 0.2) is 6.10 Å². The molecule has 0 bridgehead atoms. The molecule has 0 saturated heterocycles. The van der Waals surface area contributed by atoms with Crippen molar-refractivity contribution in [1.29, 1.82) is 0 Å². The topological polar surface area (TPSA) is 72.8 Å². The van der Waals surface area contributed by atoms with Gasteiger partial charge in [0.05, 0.1) is 6.61 Å². The molecule has 0 heterocycles. The summed E-state index contributed by atoms with van der Waals surface area (Å²) in [6, 6.07) is 0. The standard InChI is InChI=1S/C47H88O5/c1-3-5-7-9-11-13-15-17-19-21-22-23-24-26-28-30-32-34-36-38-40-42-47(50)52-45(43-48)44-51-46(49)41-39-37-35-33-31-29-27-25-20-18-16-14-12-10-8-6-4-2/h17-20,45,48H,3-16,21-44H2,1-2H3/b19-17-,20-18-/t45-/m0/s1. The molecule has 52 heavy (non-hydrogen) atoms. The molecule has 0 rings (SSSR count). The van der Waals surface area contributed by atoms with E-state index in [4.69, 9.17) is 9.47 Å². The van der Waals surface area contributed by atoms with Crippen LogP contribution in [-0.4, -0.2) is 36.4 Å². The zero-order valence-electron chi connectivity index (χ0n) is 34.8. The minimum absolute atomic E-state index is 0.0646. The van der Waals surface area contributed by atoms with Crippen molar-refractivity contribution in [2.75, 3.05) is 13.2 Å². The van der Waals surface area contributed by atoms with Gasteiger partial charge in [-0.3, -0.25) is 9.59 Å². The lowest BCUT2D eigenvalue weighted by Crippen LogP contribution is -2.28. The van der Waals surface area contributed by atoms with E-state index in [1.807, 2.05) is 0 Å². The highest BCUT2D eigenvalue weighted by Gasteiger charge is 2.16. The van der Waals surface area contributed by atoms with Gasteiger partial charge in [-0.25, -0.2) is 0 Å². The van der Waals surface area contributed by atoms with Crippen LogP contribution in [0.15, 0.2) is 24.3 Å². The number of hydrogen-bond donors (Lipinski definition) is 1. The van der Waals surface area contributed by atoms with E-state index in [1.54, 1.807) is 0 Å². The predicted molar refractivity (Wildman–Crippen MR) is 224 cm³/mol. The van der Waals surface area contributed by atoms with Crippen molar-refractivity contribution >= 4 is 11.9 Å². The number of unbranched alkanes of at least 4 members (excludes halogenated alkanes) is 30. The molecule has 0 unspecified atom stereocenters. The Kier molecular flexibility index (Phi) is 42.4. The van der Waals surface area contributed by atoms with Gasteiger partial charge in [-0.1, -0.05) is 192 Å². The molecule has 0 amide bonds. The average Bonchev–Trinajstić information content (AvgIpc) is 3.15. The van der Waals surface area contributed by atoms with Crippen LogP contribution in [0.5, 0.6) is 0 Å². The molecule has 5 heteroatoms. The number of carbonyl (C=O) groups excluding carboxylic acids is 2. The van der Waals surface area contributed by atoms with Gasteiger partial charge in [0.2, 0.25) is 0 Å². The smallest absolute Gasteiger partial charge is 0.306 e. The van der Waals surface area contributed by atoms with Crippen LogP contribution in [0.1, 0.15) is 245 Å². The van der Waals surface area contributed by atoms with Gasteiger partial charge in [-0.2, -0.15) is 0 Å². The maximum absolute atomic E-state index is 12.2. The second-order valence-electron chi connectivity index (χ2n) is 15.5. The molecule has 5 nitrogen and oxygen atoms in total. The maximum atomic E-state index is 12.2. The summed E-state index contributed by atoms with van der Waals surface area (Å²) in [5.74, 6) is -0.586. The first kappa shape index (κ1) is 50.4. The zero-order chi connectivity index (χ0) is 37.8. The molecule has 0 aromatic heterocycles. The summed E-state index contributed by atoms with van der Waals surface area (Å²) < 4.78 is 10.6. The van der Waals surface area contributed by atoms with Crippen molar-refractivity contribution < 1.29 is 24.2 Å². The number of aliphatic hydroxyl groups is 1. The molecule has 0 spiro atoms. The normalized spacial score (nSPS) is 12.3. The molecule has 306 valence electrons. The van der Waals surface area contributed by atoms with Gasteiger partial charge in [-0.15, -0.1) is 0 Å². The number of allylic oxidation sites excluding steroid dienone is 4. The van der Waals surface area contributed by atoms with Crippen molar-refractivity contribution in [1.82, 2.24) is 0 Å². The second kappa shape index (κ2) is 43.8. The van der Waals surface area contributed by atoms with E-state index in [2.05, 4.69) is 38.2 Å². The molecule has 0 saturated carbocycles. The van der Waals surface area contributed by atoms with Crippen LogP contribution < -0.4 is 0 Å². The van der Waals surface area contributed by atoms with E-state index in [0.29, 0.717) is 12.8 Å². The molecular formula is C47H88O5. The third-order valence-electron chi connectivity index (χ3n) is 10.2. The van der Waals surface area contributed by atoms with Gasteiger partial charge >= 0.3 is 11.9 Å². The molecule has 1 atom stereocenters. The third-order valence-corrected chi connectivity index (χ3v) is 10.2. The SMILES string of the molecule is CCCCCCCC/C=C\CCCCCCCCCCCCCC(=O)O[C@@H](CO)COC(=O)CCCCCCCCC/C=C\CCCCCCCC. The lowest BCUT2D eigenvalue weighted by Gasteiger charge is -2.15. The summed E-state index contributed by atoms with van der Waals surface area (Å²) in [6.45, 7) is 4.15. The van der Waals surface area contributed by atoms with Crippen molar-refractivity contribution in [3.63, 3.8) is 0 Å². The number of esters is 2. The van der Waals surface area contributed by atoms with Gasteiger partial charge < -0.3 is 14.6 Å². The van der Waals surface area contributed by atoms with Gasteiger partial charge in [0.1, 0.15) is 6.61 Å². The fraction of sp³-hybridized carbons (Fsp3) is 0.872. The van der Waals surface area contributed by atoms with E-state index in [9.17, 15) is 14.7 Å². The van der Waals surface area contributed by atoms with Crippen LogP contribution >= 0.6 is 0 Å². The molecule has 1 N–H and O–H groups in total. The van der Waals surface area contributed by atoms with Crippen molar-refractivity contribution in [3.05, 3.63) is 24.3 Å². The minimum Gasteiger partial charge on any atom is -0.462 e. The highest BCUT2D eigenvalue weighted by Crippen LogP contribution is 2.15. The number of aliphatic hydroxyl groups excluding tert-OH is 1. The Morgan fingerprint density at radius 3 is 1.04 bits per heavy atom. The highest BCUT2D eigenvalue weighted by atomic mass is 16.6. The van der Waals surface area contributed by atoms with Gasteiger partial charge in [0, 0.05) is 12.8 Å². The Morgan fingerprint density at radius 2 is 0.712 bits per heavy atom. The molecule has 0 fully saturated rings. The predicted octanol–water partition coefficient (Wildman–Crippen LogP) is 14.6. The molecule has 0 radical (unpaired) electrons. The summed E-state index contributed by atoms with van der Waals surface area (Å²) in [7, 11) is 0. The highest BCUT2D eigenvalue weighted by molar-refractivity contribution is 5.70. The molecule has 0 aromatic rings. The van der Waals surface area contributed by atoms with Crippen LogP contribution in [0.25, 0.3) is 0 Å². The minimum atomic E-state index is -0.770. The molecule has 0 aromatic carbocycles. The van der Waals surface area contributed by atoms with Crippen molar-refractivity contribution in [2.45, 2.75) is 251 Å². The largest absolute Gasteiger partial charge is 0.462 e. The maximum Gasteiger partial charge on any atom is 0.306 e. The van der Waals surface area contributed by atoms with E-state index < -0.39 is 6.10 Å². The van der Waals surface area contributed by atoms with E-state index >= 15 is 0 Å². The summed E-state index contributed by atoms with van der Waals surface area (Å²) in [5, 5.41) is 9.59. The summed E-state index contributed by atoms with van der Waals surface area (Å²) in [4.78, 5) is 24.4. The fourth-order valence-electron chi connectivity index (χ4n) is 6.72. The van der Waals surface area contributed by atoms with Crippen LogP contribution in [0.2, 0.25) is 0 Å². The summed E-state index contributed by atoms with van der Waals surface area (Å²) >= 11 is 0. The lowest BCUT2D eigenvalue weighted by molar-refractivity contribution is -0.161. The lowest BCUT2D eigenvalue weighted by atomic mass is 10.0.